The number of rotatable bonds is 6. The number of aromatic nitrogens is 2. The van der Waals surface area contributed by atoms with Gasteiger partial charge in [-0.1, -0.05) is 42.4 Å². The van der Waals surface area contributed by atoms with Gasteiger partial charge in [-0.05, 0) is 62.4 Å². The highest BCUT2D eigenvalue weighted by molar-refractivity contribution is 8.01. The maximum Gasteiger partial charge on any atom is 0.224 e. The molecule has 1 aliphatic carbocycles. The van der Waals surface area contributed by atoms with Crippen LogP contribution in [-0.2, 0) is 4.79 Å². The number of nitrogens with zero attached hydrogens (tertiary/aromatic N) is 2. The zero-order valence-electron chi connectivity index (χ0n) is 15.4. The summed E-state index contributed by atoms with van der Waals surface area (Å²) >= 11 is 3.18. The summed E-state index contributed by atoms with van der Waals surface area (Å²) in [5.74, 6) is 0.0700. The molecule has 1 aromatic carbocycles. The Kier molecular flexibility index (Phi) is 6.32. The molecule has 7 heteroatoms. The highest BCUT2D eigenvalue weighted by atomic mass is 32.2. The first-order chi connectivity index (χ1) is 12.5. The summed E-state index contributed by atoms with van der Waals surface area (Å²) < 4.78 is 0.931. The summed E-state index contributed by atoms with van der Waals surface area (Å²) in [6.07, 6.45) is 6.26. The van der Waals surface area contributed by atoms with Gasteiger partial charge in [-0.15, -0.1) is 10.2 Å². The van der Waals surface area contributed by atoms with Crippen LogP contribution in [0.15, 0.2) is 27.4 Å². The number of hydrogen-bond acceptors (Lipinski definition) is 6. The van der Waals surface area contributed by atoms with E-state index >= 15 is 0 Å². The van der Waals surface area contributed by atoms with Crippen LogP contribution in [0.1, 0.15) is 49.1 Å². The van der Waals surface area contributed by atoms with Gasteiger partial charge in [0.1, 0.15) is 5.01 Å². The largest absolute Gasteiger partial charge is 0.330 e. The van der Waals surface area contributed by atoms with E-state index in [0.29, 0.717) is 13.0 Å². The molecule has 0 radical (unpaired) electrons. The summed E-state index contributed by atoms with van der Waals surface area (Å²) in [5, 5.41) is 12.2. The number of anilines is 1. The van der Waals surface area contributed by atoms with Gasteiger partial charge in [-0.3, -0.25) is 4.79 Å². The minimum atomic E-state index is -0.0122. The van der Waals surface area contributed by atoms with Gasteiger partial charge in [0, 0.05) is 17.0 Å². The van der Waals surface area contributed by atoms with Crippen molar-refractivity contribution in [2.75, 3.05) is 11.9 Å². The van der Waals surface area contributed by atoms with Crippen molar-refractivity contribution in [3.05, 3.63) is 28.8 Å². The second-order valence-corrected chi connectivity index (χ2v) is 9.66. The second-order valence-electron chi connectivity index (χ2n) is 7.16. The molecule has 1 amide bonds. The average Bonchev–Trinajstić information content (AvgIpc) is 3.03. The predicted molar refractivity (Wildman–Crippen MR) is 108 cm³/mol. The fourth-order valence-electron chi connectivity index (χ4n) is 3.55. The number of nitrogens with one attached hydrogen (secondary N) is 1. The van der Waals surface area contributed by atoms with Gasteiger partial charge in [0.15, 0.2) is 4.34 Å². The zero-order valence-corrected chi connectivity index (χ0v) is 17.0. The normalized spacial score (nSPS) is 16.4. The average molecular weight is 391 g/mol. The monoisotopic (exact) mass is 390 g/mol. The zero-order chi connectivity index (χ0) is 18.6. The molecule has 140 valence electrons. The van der Waals surface area contributed by atoms with Gasteiger partial charge < -0.3 is 11.1 Å². The lowest BCUT2D eigenvalue weighted by Crippen LogP contribution is -2.36. The molecule has 2 aromatic rings. The maximum absolute atomic E-state index is 12.6. The minimum Gasteiger partial charge on any atom is -0.330 e. The van der Waals surface area contributed by atoms with Gasteiger partial charge in [-0.25, -0.2) is 0 Å². The van der Waals surface area contributed by atoms with Crippen LogP contribution >= 0.6 is 23.1 Å². The second kappa shape index (κ2) is 8.50. The van der Waals surface area contributed by atoms with Crippen LogP contribution in [0.25, 0.3) is 0 Å². The van der Waals surface area contributed by atoms with E-state index in [2.05, 4.69) is 21.6 Å². The number of carbonyl (C=O) groups excluding carboxylic acids is 1. The van der Waals surface area contributed by atoms with Crippen molar-refractivity contribution in [3.63, 3.8) is 0 Å². The Hall–Kier alpha value is -1.44. The Morgan fingerprint density at radius 3 is 2.65 bits per heavy atom. The lowest BCUT2D eigenvalue weighted by atomic mass is 9.71. The third-order valence-electron chi connectivity index (χ3n) is 5.07. The summed E-state index contributed by atoms with van der Waals surface area (Å²) in [6, 6.07) is 6.07. The van der Waals surface area contributed by atoms with E-state index in [0.717, 1.165) is 38.3 Å². The molecule has 0 aliphatic heterocycles. The van der Waals surface area contributed by atoms with Crippen LogP contribution in [0, 0.1) is 19.3 Å². The fourth-order valence-corrected chi connectivity index (χ4v) is 5.44. The lowest BCUT2D eigenvalue weighted by molar-refractivity contribution is -0.118. The number of benzene rings is 1. The molecular formula is C19H26N4OS2. The molecule has 1 saturated carbocycles. The summed E-state index contributed by atoms with van der Waals surface area (Å²) in [5.41, 5.74) is 7.92. The number of nitrogens with two attached hydrogens (primary N) is 1. The maximum atomic E-state index is 12.6. The Morgan fingerprint density at radius 2 is 2.04 bits per heavy atom. The van der Waals surface area contributed by atoms with E-state index in [1.165, 1.54) is 19.3 Å². The minimum absolute atomic E-state index is 0.0122. The van der Waals surface area contributed by atoms with Crippen LogP contribution < -0.4 is 11.1 Å². The molecule has 0 unspecified atom stereocenters. The van der Waals surface area contributed by atoms with E-state index < -0.39 is 0 Å². The molecule has 3 N–H and O–H groups in total. The number of aryl methyl sites for hydroxylation is 2. The van der Waals surface area contributed by atoms with Gasteiger partial charge in [0.05, 0.1) is 0 Å². The van der Waals surface area contributed by atoms with Gasteiger partial charge in [0.25, 0.3) is 0 Å². The smallest absolute Gasteiger partial charge is 0.224 e. The molecule has 1 aliphatic rings. The van der Waals surface area contributed by atoms with Crippen molar-refractivity contribution in [3.8, 4) is 0 Å². The van der Waals surface area contributed by atoms with Crippen LogP contribution in [0.2, 0.25) is 0 Å². The first-order valence-electron chi connectivity index (χ1n) is 9.08. The van der Waals surface area contributed by atoms with E-state index in [9.17, 15) is 4.79 Å². The molecule has 0 bridgehead atoms. The molecule has 0 spiro atoms. The topological polar surface area (TPSA) is 80.9 Å². The first kappa shape index (κ1) is 19.3. The third kappa shape index (κ3) is 4.84. The molecule has 3 rings (SSSR count). The Balaban J connectivity index is 1.63. The van der Waals surface area contributed by atoms with Gasteiger partial charge in [-0.2, -0.15) is 0 Å². The number of carbonyl (C=O) groups is 1. The van der Waals surface area contributed by atoms with Crippen molar-refractivity contribution < 1.29 is 4.79 Å². The van der Waals surface area contributed by atoms with Gasteiger partial charge >= 0.3 is 0 Å². The molecule has 0 saturated heterocycles. The van der Waals surface area contributed by atoms with E-state index in [1.807, 2.05) is 26.0 Å². The highest BCUT2D eigenvalue weighted by Crippen LogP contribution is 2.39. The van der Waals surface area contributed by atoms with Crippen molar-refractivity contribution in [2.24, 2.45) is 11.1 Å². The van der Waals surface area contributed by atoms with Crippen LogP contribution in [0.5, 0.6) is 0 Å². The Bertz CT molecular complexity index is 769. The fraction of sp³-hybridized carbons (Fsp3) is 0.526. The molecular weight excluding hydrogens is 364 g/mol. The summed E-state index contributed by atoms with van der Waals surface area (Å²) in [4.78, 5) is 13.7. The molecule has 5 nitrogen and oxygen atoms in total. The Morgan fingerprint density at radius 1 is 1.27 bits per heavy atom. The van der Waals surface area contributed by atoms with Crippen LogP contribution in [0.4, 0.5) is 5.69 Å². The highest BCUT2D eigenvalue weighted by Gasteiger charge is 2.33. The summed E-state index contributed by atoms with van der Waals surface area (Å²) in [6.45, 7) is 4.56. The van der Waals surface area contributed by atoms with E-state index in [-0.39, 0.29) is 11.3 Å². The third-order valence-corrected chi connectivity index (χ3v) is 6.95. The van der Waals surface area contributed by atoms with Crippen molar-refractivity contribution in [1.82, 2.24) is 10.2 Å². The van der Waals surface area contributed by atoms with Crippen LogP contribution in [-0.4, -0.2) is 22.6 Å². The first-order valence-corrected chi connectivity index (χ1v) is 10.7. The van der Waals surface area contributed by atoms with E-state index in [1.54, 1.807) is 23.1 Å². The van der Waals surface area contributed by atoms with Crippen molar-refractivity contribution >= 4 is 34.7 Å². The standard InChI is InChI=1S/C19H26N4OS2/c1-13-10-15(26-18-23-22-14(2)25-18)6-7-16(13)21-17(24)11-19(12-20)8-4-3-5-9-19/h6-7,10H,3-5,8-9,11-12,20H2,1-2H3,(H,21,24). The molecule has 1 heterocycles. The van der Waals surface area contributed by atoms with Crippen molar-refractivity contribution in [2.45, 2.75) is 61.6 Å². The molecule has 0 atom stereocenters. The SMILES string of the molecule is Cc1nnc(Sc2ccc(NC(=O)CC3(CN)CCCCC3)c(C)c2)s1. The lowest BCUT2D eigenvalue weighted by Gasteiger charge is -2.35. The van der Waals surface area contributed by atoms with Gasteiger partial charge in [0.2, 0.25) is 5.91 Å². The predicted octanol–water partition coefficient (Wildman–Crippen LogP) is 4.54. The molecule has 26 heavy (non-hydrogen) atoms. The Labute approximate surface area is 163 Å². The quantitative estimate of drug-likeness (QED) is 0.756. The van der Waals surface area contributed by atoms with Crippen molar-refractivity contribution in [1.29, 1.82) is 0 Å². The van der Waals surface area contributed by atoms with E-state index in [4.69, 9.17) is 5.73 Å². The molecule has 1 fully saturated rings. The number of hydrogen-bond donors (Lipinski definition) is 2. The molecule has 1 aromatic heterocycles. The number of amides is 1. The van der Waals surface area contributed by atoms with Crippen LogP contribution in [0.3, 0.4) is 0 Å². The summed E-state index contributed by atoms with van der Waals surface area (Å²) in [7, 11) is 0.